The van der Waals surface area contributed by atoms with E-state index in [1.807, 2.05) is 24.3 Å². The quantitative estimate of drug-likeness (QED) is 0.567. The molecule has 0 spiro atoms. The van der Waals surface area contributed by atoms with Crippen LogP contribution in [0.2, 0.25) is 0 Å². The van der Waals surface area contributed by atoms with Gasteiger partial charge in [-0.2, -0.15) is 0 Å². The zero-order valence-electron chi connectivity index (χ0n) is 16.0. The molecule has 0 N–H and O–H groups in total. The first-order valence-corrected chi connectivity index (χ1v) is 9.41. The van der Waals surface area contributed by atoms with Gasteiger partial charge in [-0.3, -0.25) is 9.78 Å². The van der Waals surface area contributed by atoms with Crippen LogP contribution in [0, 0.1) is 12.7 Å². The van der Waals surface area contributed by atoms with Crippen molar-refractivity contribution in [1.82, 2.24) is 4.98 Å². The summed E-state index contributed by atoms with van der Waals surface area (Å²) in [6, 6.07) is 16.5. The molecule has 3 aromatic rings. The fraction of sp³-hybridized carbons (Fsp3) is 0.250. The molecule has 1 fully saturated rings. The van der Waals surface area contributed by atoms with E-state index >= 15 is 0 Å². The van der Waals surface area contributed by atoms with Crippen LogP contribution in [0.3, 0.4) is 0 Å². The number of halogens is 1. The molecule has 0 atom stereocenters. The van der Waals surface area contributed by atoms with Crippen LogP contribution in [0.25, 0.3) is 0 Å². The van der Waals surface area contributed by atoms with Crippen molar-refractivity contribution in [2.75, 3.05) is 7.11 Å². The molecule has 0 unspecified atom stereocenters. The van der Waals surface area contributed by atoms with Crippen molar-refractivity contribution in [3.8, 4) is 5.75 Å². The Hall–Kier alpha value is -3.01. The van der Waals surface area contributed by atoms with Crippen molar-refractivity contribution in [2.45, 2.75) is 31.6 Å². The van der Waals surface area contributed by atoms with Crippen molar-refractivity contribution in [3.05, 3.63) is 94.6 Å². The smallest absolute Gasteiger partial charge is 0.169 e. The summed E-state index contributed by atoms with van der Waals surface area (Å²) in [6.45, 7) is 1.61. The van der Waals surface area contributed by atoms with E-state index in [1.54, 1.807) is 14.0 Å². The summed E-state index contributed by atoms with van der Waals surface area (Å²) in [7, 11) is 1.67. The number of aromatic nitrogens is 1. The maximum absolute atomic E-state index is 13.7. The third-order valence-corrected chi connectivity index (χ3v) is 5.72. The minimum Gasteiger partial charge on any atom is -0.497 e. The molecule has 1 aliphatic rings. The fourth-order valence-electron chi connectivity index (χ4n) is 3.78. The summed E-state index contributed by atoms with van der Waals surface area (Å²) in [5, 5.41) is 0. The van der Waals surface area contributed by atoms with E-state index in [9.17, 15) is 9.18 Å². The predicted octanol–water partition coefficient (Wildman–Crippen LogP) is 5.04. The van der Waals surface area contributed by atoms with Gasteiger partial charge in [0.15, 0.2) is 5.78 Å². The van der Waals surface area contributed by atoms with Gasteiger partial charge in [-0.25, -0.2) is 4.39 Å². The van der Waals surface area contributed by atoms with Crippen molar-refractivity contribution < 1.29 is 13.9 Å². The van der Waals surface area contributed by atoms with Crippen LogP contribution in [-0.2, 0) is 11.8 Å². The first-order chi connectivity index (χ1) is 13.5. The lowest BCUT2D eigenvalue weighted by molar-refractivity contribution is 0.0991. The maximum Gasteiger partial charge on any atom is 0.169 e. The van der Waals surface area contributed by atoms with Gasteiger partial charge in [0.1, 0.15) is 11.6 Å². The summed E-state index contributed by atoms with van der Waals surface area (Å²) < 4.78 is 18.9. The molecule has 3 nitrogen and oxygen atoms in total. The predicted molar refractivity (Wildman–Crippen MR) is 106 cm³/mol. The number of nitrogens with zero attached hydrogens (tertiary/aromatic N) is 1. The molecular weight excluding hydrogens is 353 g/mol. The van der Waals surface area contributed by atoms with Gasteiger partial charge in [-0.15, -0.1) is 0 Å². The van der Waals surface area contributed by atoms with Crippen LogP contribution in [-0.4, -0.2) is 17.9 Å². The maximum atomic E-state index is 13.7. The van der Waals surface area contributed by atoms with E-state index in [-0.39, 0.29) is 17.6 Å². The summed E-state index contributed by atoms with van der Waals surface area (Å²) >= 11 is 0. The summed E-state index contributed by atoms with van der Waals surface area (Å²) in [4.78, 5) is 16.3. The zero-order chi connectivity index (χ0) is 19.7. The van der Waals surface area contributed by atoms with Gasteiger partial charge < -0.3 is 4.74 Å². The molecule has 0 bridgehead atoms. The molecule has 142 valence electrons. The molecule has 2 aromatic carbocycles. The molecule has 4 rings (SSSR count). The standard InChI is InChI=1S/C24H22FNO2/c1-16-21(14-26-15-22(16)25)23(27)13-17-3-5-18(6-4-17)24(11-12-24)19-7-9-20(28-2)10-8-19/h3-10,14-15H,11-13H2,1-2H3. The van der Waals surface area contributed by atoms with Gasteiger partial charge in [0.2, 0.25) is 0 Å². The van der Waals surface area contributed by atoms with E-state index in [1.165, 1.54) is 17.3 Å². The number of ketones is 1. The van der Waals surface area contributed by atoms with Gasteiger partial charge >= 0.3 is 0 Å². The minimum absolute atomic E-state index is 0.0673. The topological polar surface area (TPSA) is 39.2 Å². The van der Waals surface area contributed by atoms with Crippen molar-refractivity contribution in [2.24, 2.45) is 0 Å². The fourth-order valence-corrected chi connectivity index (χ4v) is 3.78. The third-order valence-electron chi connectivity index (χ3n) is 5.72. The second-order valence-corrected chi connectivity index (χ2v) is 7.40. The Bertz CT molecular complexity index is 1010. The van der Waals surface area contributed by atoms with Gasteiger partial charge in [0.25, 0.3) is 0 Å². The molecule has 28 heavy (non-hydrogen) atoms. The Labute approximate surface area is 164 Å². The SMILES string of the molecule is COc1ccc(C2(c3ccc(CC(=O)c4cncc(F)c4C)cc3)CC2)cc1. The second kappa shape index (κ2) is 7.19. The molecule has 0 amide bonds. The van der Waals surface area contributed by atoms with Crippen LogP contribution >= 0.6 is 0 Å². The highest BCUT2D eigenvalue weighted by Crippen LogP contribution is 2.53. The molecule has 0 radical (unpaired) electrons. The van der Waals surface area contributed by atoms with Crippen LogP contribution in [0.4, 0.5) is 4.39 Å². The number of carbonyl (C=O) groups is 1. The average molecular weight is 375 g/mol. The molecule has 4 heteroatoms. The number of hydrogen-bond acceptors (Lipinski definition) is 3. The molecule has 1 saturated carbocycles. The Kier molecular flexibility index (Phi) is 4.71. The van der Waals surface area contributed by atoms with E-state index in [4.69, 9.17) is 4.74 Å². The first kappa shape index (κ1) is 18.4. The highest BCUT2D eigenvalue weighted by molar-refractivity contribution is 5.98. The molecular formula is C24H22FNO2. The Morgan fingerprint density at radius 2 is 1.64 bits per heavy atom. The third kappa shape index (κ3) is 3.31. The number of methoxy groups -OCH3 is 1. The Balaban J connectivity index is 1.52. The number of pyridine rings is 1. The Morgan fingerprint density at radius 1 is 1.04 bits per heavy atom. The molecule has 1 aromatic heterocycles. The lowest BCUT2D eigenvalue weighted by Crippen LogP contribution is -2.10. The number of hydrogen-bond donors (Lipinski definition) is 0. The number of rotatable bonds is 6. The number of Topliss-reactive ketones (excluding diaryl/α,β-unsaturated/α-hetero) is 1. The largest absolute Gasteiger partial charge is 0.497 e. The normalized spacial score (nSPS) is 14.5. The second-order valence-electron chi connectivity index (χ2n) is 7.40. The number of ether oxygens (including phenoxy) is 1. The van der Waals surface area contributed by atoms with Crippen LogP contribution in [0.15, 0.2) is 60.9 Å². The minimum atomic E-state index is -0.448. The summed E-state index contributed by atoms with van der Waals surface area (Å²) in [5.74, 6) is 0.292. The highest BCUT2D eigenvalue weighted by atomic mass is 19.1. The van der Waals surface area contributed by atoms with Crippen molar-refractivity contribution in [1.29, 1.82) is 0 Å². The van der Waals surface area contributed by atoms with Crippen LogP contribution in [0.5, 0.6) is 5.75 Å². The zero-order valence-corrected chi connectivity index (χ0v) is 16.0. The van der Waals surface area contributed by atoms with Crippen molar-refractivity contribution >= 4 is 5.78 Å². The lowest BCUT2D eigenvalue weighted by Gasteiger charge is -2.17. The number of carbonyl (C=O) groups excluding carboxylic acids is 1. The van der Waals surface area contributed by atoms with Gasteiger partial charge in [0.05, 0.1) is 13.3 Å². The summed E-state index contributed by atoms with van der Waals surface area (Å²) in [6.07, 6.45) is 5.05. The first-order valence-electron chi connectivity index (χ1n) is 9.41. The van der Waals surface area contributed by atoms with Gasteiger partial charge in [0, 0.05) is 23.6 Å². The monoisotopic (exact) mass is 375 g/mol. The van der Waals surface area contributed by atoms with Gasteiger partial charge in [-0.05, 0) is 54.2 Å². The average Bonchev–Trinajstić information content (AvgIpc) is 3.52. The lowest BCUT2D eigenvalue weighted by atomic mass is 9.87. The van der Waals surface area contributed by atoms with E-state index in [0.29, 0.717) is 11.1 Å². The van der Waals surface area contributed by atoms with E-state index < -0.39 is 5.82 Å². The molecule has 1 aliphatic carbocycles. The van der Waals surface area contributed by atoms with Gasteiger partial charge in [-0.1, -0.05) is 36.4 Å². The molecule has 1 heterocycles. The number of benzene rings is 2. The van der Waals surface area contributed by atoms with Crippen LogP contribution < -0.4 is 4.74 Å². The molecule has 0 saturated heterocycles. The van der Waals surface area contributed by atoms with Crippen LogP contribution in [0.1, 0.15) is 45.5 Å². The van der Waals surface area contributed by atoms with E-state index in [2.05, 4.69) is 29.2 Å². The highest BCUT2D eigenvalue weighted by Gasteiger charge is 2.45. The van der Waals surface area contributed by atoms with E-state index in [0.717, 1.165) is 30.4 Å². The Morgan fingerprint density at radius 3 is 2.21 bits per heavy atom. The van der Waals surface area contributed by atoms with Crippen molar-refractivity contribution in [3.63, 3.8) is 0 Å². The molecule has 0 aliphatic heterocycles. The summed E-state index contributed by atoms with van der Waals surface area (Å²) in [5.41, 5.74) is 4.24.